The largest absolute Gasteiger partial charge is 0.394 e. The summed E-state index contributed by atoms with van der Waals surface area (Å²) in [7, 11) is 0. The van der Waals surface area contributed by atoms with Gasteiger partial charge >= 0.3 is 0 Å². The van der Waals surface area contributed by atoms with Gasteiger partial charge in [-0.15, -0.1) is 0 Å². The number of hydrogen-bond donors (Lipinski definition) is 3. The average Bonchev–Trinajstić information content (AvgIpc) is 2.74. The zero-order valence-corrected chi connectivity index (χ0v) is 9.30. The number of carbonyl (C=O) groups excluding carboxylic acids is 1. The van der Waals surface area contributed by atoms with Crippen molar-refractivity contribution in [3.8, 4) is 0 Å². The average molecular weight is 225 g/mol. The highest BCUT2D eigenvalue weighted by Gasteiger charge is 2.67. The summed E-state index contributed by atoms with van der Waals surface area (Å²) in [4.78, 5) is 11.9. The van der Waals surface area contributed by atoms with Crippen LogP contribution in [0.15, 0.2) is 0 Å². The highest BCUT2D eigenvalue weighted by molar-refractivity contribution is 5.82. The molecule has 0 spiro atoms. The second-order valence-electron chi connectivity index (χ2n) is 5.60. The van der Waals surface area contributed by atoms with E-state index < -0.39 is 6.10 Å². The number of aliphatic hydroxyl groups is 2. The van der Waals surface area contributed by atoms with Crippen molar-refractivity contribution in [3.05, 3.63) is 0 Å². The first-order chi connectivity index (χ1) is 7.72. The van der Waals surface area contributed by atoms with Gasteiger partial charge in [0.15, 0.2) is 0 Å². The van der Waals surface area contributed by atoms with Crippen LogP contribution in [-0.2, 0) is 4.79 Å². The van der Waals surface area contributed by atoms with Crippen LogP contribution in [0.25, 0.3) is 0 Å². The fourth-order valence-electron chi connectivity index (χ4n) is 4.08. The van der Waals surface area contributed by atoms with Gasteiger partial charge in [0, 0.05) is 12.5 Å². The Labute approximate surface area is 95.0 Å². The van der Waals surface area contributed by atoms with Crippen LogP contribution in [0.3, 0.4) is 0 Å². The molecule has 5 atom stereocenters. The Morgan fingerprint density at radius 2 is 1.94 bits per heavy atom. The molecule has 4 heteroatoms. The van der Waals surface area contributed by atoms with E-state index in [1.807, 2.05) is 0 Å². The van der Waals surface area contributed by atoms with Gasteiger partial charge in [-0.05, 0) is 42.9 Å². The molecular weight excluding hydrogens is 206 g/mol. The molecule has 0 aliphatic heterocycles. The van der Waals surface area contributed by atoms with Gasteiger partial charge in [0.2, 0.25) is 5.91 Å². The molecule has 1 amide bonds. The number of aliphatic hydroxyl groups excluding tert-OH is 2. The zero-order chi connectivity index (χ0) is 11.3. The zero-order valence-electron chi connectivity index (χ0n) is 9.30. The van der Waals surface area contributed by atoms with Crippen LogP contribution in [0.2, 0.25) is 0 Å². The molecule has 3 N–H and O–H groups in total. The predicted octanol–water partition coefficient (Wildman–Crippen LogP) is -0.252. The van der Waals surface area contributed by atoms with Crippen molar-refractivity contribution in [1.82, 2.24) is 5.32 Å². The van der Waals surface area contributed by atoms with Gasteiger partial charge in [-0.2, -0.15) is 0 Å². The first-order valence-electron chi connectivity index (χ1n) is 6.29. The van der Waals surface area contributed by atoms with Gasteiger partial charge in [0.05, 0.1) is 12.7 Å². The van der Waals surface area contributed by atoms with Crippen molar-refractivity contribution < 1.29 is 15.0 Å². The first-order valence-corrected chi connectivity index (χ1v) is 6.29. The molecule has 16 heavy (non-hydrogen) atoms. The molecule has 0 aromatic carbocycles. The van der Waals surface area contributed by atoms with E-state index in [1.54, 1.807) is 0 Å². The number of hydrogen-bond acceptors (Lipinski definition) is 3. The van der Waals surface area contributed by atoms with Crippen molar-refractivity contribution in [3.63, 3.8) is 0 Å². The molecule has 3 rings (SSSR count). The summed E-state index contributed by atoms with van der Waals surface area (Å²) in [6.07, 6.45) is 3.15. The van der Waals surface area contributed by atoms with E-state index >= 15 is 0 Å². The van der Waals surface area contributed by atoms with Crippen molar-refractivity contribution >= 4 is 5.91 Å². The SMILES string of the molecule is O=C(NCC(O)CO)C1C2C3CCC(C3)C12. The third-order valence-electron chi connectivity index (χ3n) is 4.76. The van der Waals surface area contributed by atoms with Crippen LogP contribution in [0.4, 0.5) is 0 Å². The molecular formula is C12H19NO3. The number of amides is 1. The van der Waals surface area contributed by atoms with Crippen LogP contribution in [0.5, 0.6) is 0 Å². The smallest absolute Gasteiger partial charge is 0.223 e. The Kier molecular flexibility index (Phi) is 2.44. The summed E-state index contributed by atoms with van der Waals surface area (Å²) in [5, 5.41) is 20.6. The Bertz CT molecular complexity index is 291. The number of rotatable bonds is 4. The lowest BCUT2D eigenvalue weighted by molar-refractivity contribution is -0.123. The molecule has 3 aliphatic carbocycles. The molecule has 4 nitrogen and oxygen atoms in total. The minimum atomic E-state index is -0.820. The monoisotopic (exact) mass is 225 g/mol. The second kappa shape index (κ2) is 3.70. The lowest BCUT2D eigenvalue weighted by Gasteiger charge is -2.11. The number of carbonyl (C=O) groups is 1. The third kappa shape index (κ3) is 1.47. The second-order valence-corrected chi connectivity index (χ2v) is 5.60. The molecule has 0 saturated heterocycles. The van der Waals surface area contributed by atoms with Gasteiger partial charge < -0.3 is 15.5 Å². The topological polar surface area (TPSA) is 69.6 Å². The van der Waals surface area contributed by atoms with Crippen molar-refractivity contribution in [1.29, 1.82) is 0 Å². The quantitative estimate of drug-likeness (QED) is 0.618. The lowest BCUT2D eigenvalue weighted by Crippen LogP contribution is -2.35. The summed E-state index contributed by atoms with van der Waals surface area (Å²) in [6, 6.07) is 0. The molecule has 0 radical (unpaired) electrons. The fourth-order valence-corrected chi connectivity index (χ4v) is 4.08. The normalized spacial score (nSPS) is 45.2. The maximum Gasteiger partial charge on any atom is 0.223 e. The maximum absolute atomic E-state index is 11.9. The van der Waals surface area contributed by atoms with Crippen molar-refractivity contribution in [2.75, 3.05) is 13.2 Å². The van der Waals surface area contributed by atoms with Crippen LogP contribution >= 0.6 is 0 Å². The van der Waals surface area contributed by atoms with E-state index in [4.69, 9.17) is 10.2 Å². The molecule has 5 unspecified atom stereocenters. The Morgan fingerprint density at radius 3 is 2.50 bits per heavy atom. The highest BCUT2D eigenvalue weighted by atomic mass is 16.3. The van der Waals surface area contributed by atoms with Gasteiger partial charge in [0.25, 0.3) is 0 Å². The molecule has 90 valence electrons. The van der Waals surface area contributed by atoms with Crippen molar-refractivity contribution in [2.45, 2.75) is 25.4 Å². The Balaban J connectivity index is 1.51. The lowest BCUT2D eigenvalue weighted by atomic mass is 10.0. The third-order valence-corrected chi connectivity index (χ3v) is 4.76. The van der Waals surface area contributed by atoms with E-state index in [9.17, 15) is 4.79 Å². The Hall–Kier alpha value is -0.610. The molecule has 0 aromatic rings. The van der Waals surface area contributed by atoms with E-state index in [0.29, 0.717) is 11.8 Å². The summed E-state index contributed by atoms with van der Waals surface area (Å²) < 4.78 is 0. The number of nitrogens with one attached hydrogen (secondary N) is 1. The van der Waals surface area contributed by atoms with Crippen LogP contribution in [-0.4, -0.2) is 35.4 Å². The maximum atomic E-state index is 11.9. The van der Waals surface area contributed by atoms with Crippen LogP contribution in [0.1, 0.15) is 19.3 Å². The van der Waals surface area contributed by atoms with E-state index in [2.05, 4.69) is 5.32 Å². The molecule has 3 saturated carbocycles. The van der Waals surface area contributed by atoms with Crippen LogP contribution < -0.4 is 5.32 Å². The summed E-state index contributed by atoms with van der Waals surface area (Å²) in [6.45, 7) is -0.107. The van der Waals surface area contributed by atoms with E-state index in [-0.39, 0.29) is 25.0 Å². The Morgan fingerprint density at radius 1 is 1.31 bits per heavy atom. The number of fused-ring (bicyclic) bond motifs is 5. The minimum Gasteiger partial charge on any atom is -0.394 e. The summed E-state index contributed by atoms with van der Waals surface area (Å²) in [5.74, 6) is 3.20. The molecule has 2 bridgehead atoms. The molecule has 3 aliphatic rings. The molecule has 0 heterocycles. The standard InChI is InChI=1S/C12H19NO3/c14-5-8(15)4-13-12(16)11-9-6-1-2-7(3-6)10(9)11/h6-11,14-15H,1-5H2,(H,13,16). The van der Waals surface area contributed by atoms with Gasteiger partial charge in [-0.3, -0.25) is 4.79 Å². The molecule has 3 fully saturated rings. The van der Waals surface area contributed by atoms with Crippen molar-refractivity contribution in [2.24, 2.45) is 29.6 Å². The van der Waals surface area contributed by atoms with Gasteiger partial charge in [-0.1, -0.05) is 0 Å². The van der Waals surface area contributed by atoms with E-state index in [0.717, 1.165) is 11.8 Å². The first kappa shape index (κ1) is 10.5. The fraction of sp³-hybridized carbons (Fsp3) is 0.917. The summed E-state index contributed by atoms with van der Waals surface area (Å²) in [5.41, 5.74) is 0. The minimum absolute atomic E-state index is 0.0964. The van der Waals surface area contributed by atoms with Gasteiger partial charge in [-0.25, -0.2) is 0 Å². The highest BCUT2D eigenvalue weighted by Crippen LogP contribution is 2.69. The van der Waals surface area contributed by atoms with E-state index in [1.165, 1.54) is 19.3 Å². The van der Waals surface area contributed by atoms with Gasteiger partial charge in [0.1, 0.15) is 0 Å². The summed E-state index contributed by atoms with van der Waals surface area (Å²) >= 11 is 0. The predicted molar refractivity (Wildman–Crippen MR) is 57.4 cm³/mol. The molecule has 0 aromatic heterocycles. The van der Waals surface area contributed by atoms with Crippen LogP contribution in [0, 0.1) is 29.6 Å².